The van der Waals surface area contributed by atoms with E-state index in [0.717, 1.165) is 25.5 Å². The smallest absolute Gasteiger partial charge is 0.175 e. The molecule has 128 valence electrons. The van der Waals surface area contributed by atoms with Crippen LogP contribution < -0.4 is 0 Å². The molecule has 0 radical (unpaired) electrons. The van der Waals surface area contributed by atoms with Crippen molar-refractivity contribution in [2.24, 2.45) is 0 Å². The van der Waals surface area contributed by atoms with E-state index in [1.165, 1.54) is 11.8 Å². The second-order valence-corrected chi connectivity index (χ2v) is 8.07. The number of carbonyl (C=O) groups is 1. The molecule has 0 atom stereocenters. The van der Waals surface area contributed by atoms with Gasteiger partial charge in [0.2, 0.25) is 0 Å². The predicted molar refractivity (Wildman–Crippen MR) is 107 cm³/mol. The first-order chi connectivity index (χ1) is 12.8. The van der Waals surface area contributed by atoms with Crippen molar-refractivity contribution in [3.05, 3.63) is 60.3 Å². The van der Waals surface area contributed by atoms with E-state index in [0.29, 0.717) is 24.3 Å². The molecule has 0 fully saturated rings. The standard InChI is InChI=1S/C20H15N3OS2/c21-10-5-11-23-12-15(14-6-1-3-8-17(14)23)18(24)13-25-20-22-16-7-2-4-9-19(16)26-20/h1-4,6-9,12H,5,11,13H2. The summed E-state index contributed by atoms with van der Waals surface area (Å²) in [4.78, 5) is 17.4. The van der Waals surface area contributed by atoms with Crippen LogP contribution in [0.1, 0.15) is 16.8 Å². The van der Waals surface area contributed by atoms with E-state index in [4.69, 9.17) is 5.26 Å². The molecule has 4 rings (SSSR count). The van der Waals surface area contributed by atoms with Gasteiger partial charge in [-0.1, -0.05) is 42.1 Å². The molecule has 0 saturated carbocycles. The number of Topliss-reactive ketones (excluding diaryl/α,β-unsaturated/α-hetero) is 1. The number of thiazole rings is 1. The van der Waals surface area contributed by atoms with Gasteiger partial charge in [-0.15, -0.1) is 11.3 Å². The lowest BCUT2D eigenvalue weighted by atomic mass is 10.1. The summed E-state index contributed by atoms with van der Waals surface area (Å²) < 4.78 is 4.04. The van der Waals surface area contributed by atoms with Gasteiger partial charge >= 0.3 is 0 Å². The molecule has 0 saturated heterocycles. The second kappa shape index (κ2) is 7.32. The largest absolute Gasteiger partial charge is 0.346 e. The summed E-state index contributed by atoms with van der Waals surface area (Å²) in [5.74, 6) is 0.438. The van der Waals surface area contributed by atoms with Gasteiger partial charge in [-0.05, 0) is 18.2 Å². The Hall–Kier alpha value is -2.62. The lowest BCUT2D eigenvalue weighted by Crippen LogP contribution is -2.02. The van der Waals surface area contributed by atoms with Crippen LogP contribution in [0.25, 0.3) is 21.1 Å². The average Bonchev–Trinajstić information content (AvgIpc) is 3.25. The highest BCUT2D eigenvalue weighted by Crippen LogP contribution is 2.30. The fraction of sp³-hybridized carbons (Fsp3) is 0.150. The minimum Gasteiger partial charge on any atom is -0.346 e. The van der Waals surface area contributed by atoms with Crippen molar-refractivity contribution in [2.45, 2.75) is 17.3 Å². The van der Waals surface area contributed by atoms with E-state index in [9.17, 15) is 4.79 Å². The fourth-order valence-electron chi connectivity index (χ4n) is 2.94. The number of aryl methyl sites for hydroxylation is 1. The van der Waals surface area contributed by atoms with Crippen LogP contribution in [-0.2, 0) is 6.54 Å². The Bertz CT molecular complexity index is 1100. The van der Waals surface area contributed by atoms with Crippen molar-refractivity contribution in [1.29, 1.82) is 5.26 Å². The summed E-state index contributed by atoms with van der Waals surface area (Å²) in [6, 6.07) is 18.0. The molecule has 2 aromatic heterocycles. The zero-order chi connectivity index (χ0) is 17.9. The minimum atomic E-state index is 0.0844. The molecule has 0 amide bonds. The van der Waals surface area contributed by atoms with Crippen LogP contribution in [0.2, 0.25) is 0 Å². The average molecular weight is 377 g/mol. The van der Waals surface area contributed by atoms with Crippen molar-refractivity contribution < 1.29 is 4.79 Å². The number of para-hydroxylation sites is 2. The lowest BCUT2D eigenvalue weighted by Gasteiger charge is -2.00. The molecule has 6 heteroatoms. The topological polar surface area (TPSA) is 58.7 Å². The number of aromatic nitrogens is 2. The van der Waals surface area contributed by atoms with Crippen molar-refractivity contribution in [3.63, 3.8) is 0 Å². The van der Waals surface area contributed by atoms with E-state index in [2.05, 4.69) is 11.1 Å². The maximum Gasteiger partial charge on any atom is 0.175 e. The van der Waals surface area contributed by atoms with Gasteiger partial charge in [0.1, 0.15) is 0 Å². The third kappa shape index (κ3) is 3.24. The lowest BCUT2D eigenvalue weighted by molar-refractivity contribution is 0.102. The zero-order valence-electron chi connectivity index (χ0n) is 13.9. The molecular formula is C20H15N3OS2. The van der Waals surface area contributed by atoms with E-state index in [1.807, 2.05) is 59.3 Å². The van der Waals surface area contributed by atoms with Gasteiger partial charge in [0, 0.05) is 29.2 Å². The Kier molecular flexibility index (Phi) is 4.74. The first-order valence-electron chi connectivity index (χ1n) is 8.22. The molecule has 0 unspecified atom stereocenters. The quantitative estimate of drug-likeness (QED) is 0.345. The number of nitriles is 1. The van der Waals surface area contributed by atoms with E-state index in [1.54, 1.807) is 11.3 Å². The monoisotopic (exact) mass is 377 g/mol. The molecule has 0 N–H and O–H groups in total. The van der Waals surface area contributed by atoms with Crippen molar-refractivity contribution >= 4 is 50.0 Å². The Balaban J connectivity index is 1.57. The van der Waals surface area contributed by atoms with Gasteiger partial charge in [-0.3, -0.25) is 4.79 Å². The Morgan fingerprint density at radius 1 is 1.19 bits per heavy atom. The molecule has 26 heavy (non-hydrogen) atoms. The number of hydrogen-bond donors (Lipinski definition) is 0. The molecular weight excluding hydrogens is 362 g/mol. The number of hydrogen-bond acceptors (Lipinski definition) is 5. The predicted octanol–water partition coefficient (Wildman–Crippen LogP) is 5.14. The van der Waals surface area contributed by atoms with E-state index >= 15 is 0 Å². The third-order valence-electron chi connectivity index (χ3n) is 4.15. The van der Waals surface area contributed by atoms with Gasteiger partial charge in [0.05, 0.1) is 28.5 Å². The summed E-state index contributed by atoms with van der Waals surface area (Å²) in [7, 11) is 0. The van der Waals surface area contributed by atoms with Gasteiger partial charge in [-0.25, -0.2) is 4.98 Å². The summed E-state index contributed by atoms with van der Waals surface area (Å²) in [5.41, 5.74) is 2.68. The number of fused-ring (bicyclic) bond motifs is 2. The molecule has 0 aliphatic heterocycles. The summed E-state index contributed by atoms with van der Waals surface area (Å²) in [5, 5.41) is 9.79. The molecule has 0 bridgehead atoms. The molecule has 4 nitrogen and oxygen atoms in total. The molecule has 0 spiro atoms. The molecule has 0 aliphatic carbocycles. The van der Waals surface area contributed by atoms with Crippen LogP contribution >= 0.6 is 23.1 Å². The molecule has 4 aromatic rings. The van der Waals surface area contributed by atoms with Crippen LogP contribution in [0.15, 0.2) is 59.1 Å². The fourth-order valence-corrected chi connectivity index (χ4v) is 4.89. The summed E-state index contributed by atoms with van der Waals surface area (Å²) in [6.45, 7) is 0.593. The van der Waals surface area contributed by atoms with Crippen LogP contribution in [0, 0.1) is 11.3 Å². The zero-order valence-corrected chi connectivity index (χ0v) is 15.5. The summed E-state index contributed by atoms with van der Waals surface area (Å²) in [6.07, 6.45) is 2.30. The van der Waals surface area contributed by atoms with E-state index < -0.39 is 0 Å². The van der Waals surface area contributed by atoms with Gasteiger partial charge in [0.15, 0.2) is 10.1 Å². The summed E-state index contributed by atoms with van der Waals surface area (Å²) >= 11 is 3.09. The van der Waals surface area contributed by atoms with Crippen LogP contribution in [0.4, 0.5) is 0 Å². The van der Waals surface area contributed by atoms with Gasteiger partial charge < -0.3 is 4.57 Å². The number of carbonyl (C=O) groups excluding carboxylic acids is 1. The maximum absolute atomic E-state index is 12.8. The SMILES string of the molecule is N#CCCn1cc(C(=O)CSc2nc3ccccc3s2)c2ccccc21. The number of benzene rings is 2. The first-order valence-corrected chi connectivity index (χ1v) is 10.0. The highest BCUT2D eigenvalue weighted by Gasteiger charge is 2.16. The normalized spacial score (nSPS) is 11.0. The number of ketones is 1. The van der Waals surface area contributed by atoms with E-state index in [-0.39, 0.29) is 5.78 Å². The van der Waals surface area contributed by atoms with Crippen molar-refractivity contribution in [2.75, 3.05) is 5.75 Å². The second-order valence-electron chi connectivity index (χ2n) is 5.82. The van der Waals surface area contributed by atoms with Gasteiger partial charge in [-0.2, -0.15) is 5.26 Å². The Morgan fingerprint density at radius 2 is 2.00 bits per heavy atom. The number of thioether (sulfide) groups is 1. The highest BCUT2D eigenvalue weighted by atomic mass is 32.2. The molecule has 2 aromatic carbocycles. The Morgan fingerprint density at radius 3 is 2.85 bits per heavy atom. The number of rotatable bonds is 6. The van der Waals surface area contributed by atoms with Gasteiger partial charge in [0.25, 0.3) is 0 Å². The number of nitrogens with zero attached hydrogens (tertiary/aromatic N) is 3. The Labute approximate surface area is 159 Å². The van der Waals surface area contributed by atoms with Crippen molar-refractivity contribution in [3.8, 4) is 6.07 Å². The maximum atomic E-state index is 12.8. The first kappa shape index (κ1) is 16.8. The highest BCUT2D eigenvalue weighted by molar-refractivity contribution is 8.01. The van der Waals surface area contributed by atoms with Crippen LogP contribution in [0.3, 0.4) is 0 Å². The minimum absolute atomic E-state index is 0.0844. The van der Waals surface area contributed by atoms with Crippen molar-refractivity contribution in [1.82, 2.24) is 9.55 Å². The van der Waals surface area contributed by atoms with Crippen LogP contribution in [-0.4, -0.2) is 21.1 Å². The molecule has 2 heterocycles. The van der Waals surface area contributed by atoms with Crippen LogP contribution in [0.5, 0.6) is 0 Å². The molecule has 0 aliphatic rings. The third-order valence-corrected chi connectivity index (χ3v) is 6.33.